The van der Waals surface area contributed by atoms with Crippen molar-refractivity contribution in [1.29, 1.82) is 0 Å². The fourth-order valence-electron chi connectivity index (χ4n) is 3.24. The lowest BCUT2D eigenvalue weighted by Gasteiger charge is -2.61. The summed E-state index contributed by atoms with van der Waals surface area (Å²) in [5.41, 5.74) is 0.481. The number of ether oxygens (including phenoxy) is 2. The summed E-state index contributed by atoms with van der Waals surface area (Å²) >= 11 is 0. The number of rotatable bonds is 8. The number of hydrogen-bond acceptors (Lipinski definition) is 3. The van der Waals surface area contributed by atoms with Gasteiger partial charge < -0.3 is 14.8 Å². The number of nitrogens with one attached hydrogen (secondary N) is 1. The zero-order valence-electron chi connectivity index (χ0n) is 10.9. The van der Waals surface area contributed by atoms with Gasteiger partial charge in [0, 0.05) is 18.1 Å². The Bertz CT molecular complexity index is 251. The fourth-order valence-corrected chi connectivity index (χ4v) is 3.24. The van der Waals surface area contributed by atoms with Crippen LogP contribution >= 0.6 is 0 Å². The van der Waals surface area contributed by atoms with E-state index in [1.54, 1.807) is 0 Å². The molecule has 1 spiro atoms. The molecule has 0 aromatic heterocycles. The molecule has 3 heteroatoms. The van der Waals surface area contributed by atoms with Gasteiger partial charge in [0.05, 0.1) is 19.0 Å². The third-order valence-electron chi connectivity index (χ3n) is 4.38. The third kappa shape index (κ3) is 2.50. The molecule has 0 heterocycles. The van der Waals surface area contributed by atoms with Crippen LogP contribution in [0, 0.1) is 5.41 Å². The van der Waals surface area contributed by atoms with Crippen molar-refractivity contribution in [3.8, 4) is 0 Å². The van der Waals surface area contributed by atoms with E-state index >= 15 is 0 Å². The van der Waals surface area contributed by atoms with Gasteiger partial charge in [-0.2, -0.15) is 0 Å². The zero-order valence-corrected chi connectivity index (χ0v) is 10.9. The maximum absolute atomic E-state index is 5.83. The molecule has 0 aliphatic heterocycles. The van der Waals surface area contributed by atoms with Gasteiger partial charge in [0.25, 0.3) is 0 Å². The lowest BCUT2D eigenvalue weighted by atomic mass is 9.51. The van der Waals surface area contributed by atoms with Crippen LogP contribution in [0.15, 0.2) is 12.8 Å². The summed E-state index contributed by atoms with van der Waals surface area (Å²) in [6.45, 7) is 8.30. The van der Waals surface area contributed by atoms with Crippen molar-refractivity contribution in [2.24, 2.45) is 5.41 Å². The van der Waals surface area contributed by atoms with E-state index in [1.807, 2.05) is 0 Å². The average molecular weight is 239 g/mol. The van der Waals surface area contributed by atoms with Gasteiger partial charge in [0.15, 0.2) is 0 Å². The van der Waals surface area contributed by atoms with Crippen LogP contribution in [0.25, 0.3) is 0 Å². The highest BCUT2D eigenvalue weighted by atomic mass is 16.5. The molecule has 2 fully saturated rings. The van der Waals surface area contributed by atoms with Gasteiger partial charge in [-0.1, -0.05) is 13.0 Å². The van der Waals surface area contributed by atoms with Crippen molar-refractivity contribution in [3.63, 3.8) is 0 Å². The van der Waals surface area contributed by atoms with Crippen LogP contribution in [0.3, 0.4) is 0 Å². The second-order valence-electron chi connectivity index (χ2n) is 5.16. The summed E-state index contributed by atoms with van der Waals surface area (Å²) in [5, 5.41) is 3.66. The molecule has 0 radical (unpaired) electrons. The van der Waals surface area contributed by atoms with Gasteiger partial charge in [-0.25, -0.2) is 0 Å². The van der Waals surface area contributed by atoms with Gasteiger partial charge in [-0.05, 0) is 39.2 Å². The van der Waals surface area contributed by atoms with Crippen molar-refractivity contribution in [2.45, 2.75) is 51.2 Å². The molecule has 0 amide bonds. The number of hydrogen-bond donors (Lipinski definition) is 1. The van der Waals surface area contributed by atoms with Crippen molar-refractivity contribution < 1.29 is 9.47 Å². The van der Waals surface area contributed by atoms with Crippen LogP contribution in [-0.2, 0) is 9.47 Å². The first-order chi connectivity index (χ1) is 8.33. The molecule has 2 atom stereocenters. The first-order valence-corrected chi connectivity index (χ1v) is 6.91. The second-order valence-corrected chi connectivity index (χ2v) is 5.16. The van der Waals surface area contributed by atoms with E-state index in [2.05, 4.69) is 18.8 Å². The largest absolute Gasteiger partial charge is 0.502 e. The topological polar surface area (TPSA) is 30.5 Å². The molecule has 0 aromatic rings. The Balaban J connectivity index is 1.66. The lowest BCUT2D eigenvalue weighted by Crippen LogP contribution is -2.66. The molecular formula is C14H25NO2. The molecule has 2 aliphatic rings. The van der Waals surface area contributed by atoms with E-state index in [0.29, 0.717) is 17.6 Å². The normalized spacial score (nSPS) is 29.5. The van der Waals surface area contributed by atoms with E-state index in [1.165, 1.54) is 31.9 Å². The molecule has 2 rings (SSSR count). The van der Waals surface area contributed by atoms with Gasteiger partial charge in [0.1, 0.15) is 0 Å². The van der Waals surface area contributed by atoms with Crippen LogP contribution in [0.5, 0.6) is 0 Å². The summed E-state index contributed by atoms with van der Waals surface area (Å²) in [4.78, 5) is 0. The highest BCUT2D eigenvalue weighted by Crippen LogP contribution is 2.57. The van der Waals surface area contributed by atoms with Gasteiger partial charge in [-0.3, -0.25) is 0 Å². The standard InChI is InChI=1S/C14H25NO2/c1-3-16-10-6-9-15-12-11-13(17-4-2)14(12)7-5-8-14/h3,12-13,15H,1,4-11H2,2H3. The van der Waals surface area contributed by atoms with Crippen LogP contribution in [0.4, 0.5) is 0 Å². The van der Waals surface area contributed by atoms with Crippen molar-refractivity contribution in [3.05, 3.63) is 12.8 Å². The van der Waals surface area contributed by atoms with E-state index in [0.717, 1.165) is 26.2 Å². The molecule has 17 heavy (non-hydrogen) atoms. The van der Waals surface area contributed by atoms with Crippen LogP contribution < -0.4 is 5.32 Å². The van der Waals surface area contributed by atoms with Gasteiger partial charge >= 0.3 is 0 Å². The molecule has 2 unspecified atom stereocenters. The van der Waals surface area contributed by atoms with E-state index in [9.17, 15) is 0 Å². The van der Waals surface area contributed by atoms with E-state index < -0.39 is 0 Å². The molecular weight excluding hydrogens is 214 g/mol. The molecule has 98 valence electrons. The smallest absolute Gasteiger partial charge is 0.0885 e. The van der Waals surface area contributed by atoms with Crippen LogP contribution in [-0.4, -0.2) is 31.9 Å². The summed E-state index contributed by atoms with van der Waals surface area (Å²) < 4.78 is 11.0. The monoisotopic (exact) mass is 239 g/mol. The van der Waals surface area contributed by atoms with Crippen molar-refractivity contribution in [1.82, 2.24) is 5.32 Å². The Labute approximate surface area is 105 Å². The van der Waals surface area contributed by atoms with Crippen molar-refractivity contribution in [2.75, 3.05) is 19.8 Å². The Morgan fingerprint density at radius 3 is 2.88 bits per heavy atom. The fraction of sp³-hybridized carbons (Fsp3) is 0.857. The summed E-state index contributed by atoms with van der Waals surface area (Å²) in [6.07, 6.45) is 8.34. The highest BCUT2D eigenvalue weighted by Gasteiger charge is 2.58. The predicted molar refractivity (Wildman–Crippen MR) is 68.9 cm³/mol. The molecule has 3 nitrogen and oxygen atoms in total. The minimum atomic E-state index is 0.481. The van der Waals surface area contributed by atoms with Gasteiger partial charge in [-0.15, -0.1) is 0 Å². The van der Waals surface area contributed by atoms with Gasteiger partial charge in [0.2, 0.25) is 0 Å². The SMILES string of the molecule is C=COCCCNC1CC(OCC)C12CCC2. The Hall–Kier alpha value is -0.540. The minimum absolute atomic E-state index is 0.481. The zero-order chi connectivity index (χ0) is 12.1. The first-order valence-electron chi connectivity index (χ1n) is 6.91. The van der Waals surface area contributed by atoms with Crippen LogP contribution in [0.1, 0.15) is 39.0 Å². The lowest BCUT2D eigenvalue weighted by molar-refractivity contribution is -0.172. The third-order valence-corrected chi connectivity index (χ3v) is 4.38. The van der Waals surface area contributed by atoms with Crippen molar-refractivity contribution >= 4 is 0 Å². The molecule has 0 saturated heterocycles. The summed E-state index contributed by atoms with van der Waals surface area (Å²) in [5.74, 6) is 0. The molecule has 2 saturated carbocycles. The van der Waals surface area contributed by atoms with E-state index in [-0.39, 0.29) is 0 Å². The Morgan fingerprint density at radius 1 is 1.47 bits per heavy atom. The quantitative estimate of drug-likeness (QED) is 0.521. The molecule has 0 bridgehead atoms. The Morgan fingerprint density at radius 2 is 2.29 bits per heavy atom. The van der Waals surface area contributed by atoms with Crippen LogP contribution in [0.2, 0.25) is 0 Å². The average Bonchev–Trinajstić information content (AvgIpc) is 2.23. The maximum atomic E-state index is 5.83. The minimum Gasteiger partial charge on any atom is -0.502 e. The summed E-state index contributed by atoms with van der Waals surface area (Å²) in [6, 6.07) is 0.677. The molecule has 0 aromatic carbocycles. The maximum Gasteiger partial charge on any atom is 0.0885 e. The molecule has 2 aliphatic carbocycles. The summed E-state index contributed by atoms with van der Waals surface area (Å²) in [7, 11) is 0. The highest BCUT2D eigenvalue weighted by molar-refractivity contribution is 5.11. The predicted octanol–water partition coefficient (Wildman–Crippen LogP) is 2.47. The van der Waals surface area contributed by atoms with E-state index in [4.69, 9.17) is 9.47 Å². The second kappa shape index (κ2) is 5.87. The first kappa shape index (κ1) is 12.9. The Kier molecular flexibility index (Phi) is 4.46. The molecule has 1 N–H and O–H groups in total.